The Labute approximate surface area is 136 Å². The second-order valence-corrected chi connectivity index (χ2v) is 5.15. The van der Waals surface area contributed by atoms with Gasteiger partial charge in [0.25, 0.3) is 0 Å². The van der Waals surface area contributed by atoms with E-state index in [4.69, 9.17) is 17.0 Å². The zero-order valence-electron chi connectivity index (χ0n) is 12.6. The lowest BCUT2D eigenvalue weighted by Gasteiger charge is -2.11. The molecule has 1 atom stereocenters. The molecule has 0 radical (unpaired) electrons. The van der Waals surface area contributed by atoms with Crippen LogP contribution in [0, 0.1) is 0 Å². The lowest BCUT2D eigenvalue weighted by Crippen LogP contribution is -2.24. The fourth-order valence-electron chi connectivity index (χ4n) is 1.95. The number of anilines is 1. The minimum Gasteiger partial charge on any atom is -0.495 e. The van der Waals surface area contributed by atoms with Crippen molar-refractivity contribution in [3.05, 3.63) is 60.2 Å². The highest BCUT2D eigenvalue weighted by atomic mass is 32.1. The number of hydrogen-bond acceptors (Lipinski definition) is 3. The number of methoxy groups -OCH3 is 1. The van der Waals surface area contributed by atoms with E-state index >= 15 is 0 Å². The molecule has 0 saturated heterocycles. The predicted octanol–water partition coefficient (Wildman–Crippen LogP) is 3.77. The fourth-order valence-corrected chi connectivity index (χ4v) is 2.11. The molecule has 0 spiro atoms. The maximum atomic E-state index is 5.26. The number of para-hydroxylation sites is 2. The number of hydrogen-bond donors (Lipinski definition) is 2. The van der Waals surface area contributed by atoms with Crippen molar-refractivity contribution >= 4 is 29.2 Å². The van der Waals surface area contributed by atoms with E-state index in [0.29, 0.717) is 5.11 Å². The number of ether oxygens (including phenoxy) is 1. The number of nitrogens with zero attached hydrogens (tertiary/aromatic N) is 1. The Morgan fingerprint density at radius 1 is 1.14 bits per heavy atom. The molecule has 0 heterocycles. The third kappa shape index (κ3) is 4.56. The van der Waals surface area contributed by atoms with Gasteiger partial charge in [-0.25, -0.2) is 0 Å². The van der Waals surface area contributed by atoms with Crippen LogP contribution in [0.5, 0.6) is 5.75 Å². The summed E-state index contributed by atoms with van der Waals surface area (Å²) in [5.41, 5.74) is 4.82. The summed E-state index contributed by atoms with van der Waals surface area (Å²) >= 11 is 5.22. The van der Waals surface area contributed by atoms with Crippen molar-refractivity contribution in [1.82, 2.24) is 5.43 Å². The van der Waals surface area contributed by atoms with E-state index in [0.717, 1.165) is 11.4 Å². The van der Waals surface area contributed by atoms with Crippen LogP contribution in [-0.4, -0.2) is 18.4 Å². The molecule has 2 aromatic carbocycles. The first-order valence-corrected chi connectivity index (χ1v) is 7.39. The largest absolute Gasteiger partial charge is 0.495 e. The van der Waals surface area contributed by atoms with Crippen LogP contribution < -0.4 is 15.5 Å². The van der Waals surface area contributed by atoms with Gasteiger partial charge >= 0.3 is 0 Å². The topological polar surface area (TPSA) is 45.6 Å². The molecule has 0 aliphatic carbocycles. The molecule has 2 N–H and O–H groups in total. The summed E-state index contributed by atoms with van der Waals surface area (Å²) in [5, 5.41) is 7.65. The summed E-state index contributed by atoms with van der Waals surface area (Å²) in [4.78, 5) is 0. The molecule has 5 heteroatoms. The number of hydrazone groups is 1. The SMILES string of the molecule is COc1ccccc1NC(=S)N/N=C\[C@H](C)c1ccccc1. The predicted molar refractivity (Wildman–Crippen MR) is 95.7 cm³/mol. The van der Waals surface area contributed by atoms with Crippen LogP contribution >= 0.6 is 12.2 Å². The van der Waals surface area contributed by atoms with Crippen LogP contribution in [0.15, 0.2) is 59.7 Å². The van der Waals surface area contributed by atoms with Crippen LogP contribution in [0.4, 0.5) is 5.69 Å². The van der Waals surface area contributed by atoms with Crippen molar-refractivity contribution in [2.24, 2.45) is 5.10 Å². The molecule has 0 bridgehead atoms. The van der Waals surface area contributed by atoms with Gasteiger partial charge in [0.1, 0.15) is 5.75 Å². The Morgan fingerprint density at radius 2 is 1.82 bits per heavy atom. The zero-order chi connectivity index (χ0) is 15.8. The number of thiocarbonyl (C=S) groups is 1. The average molecular weight is 313 g/mol. The minimum absolute atomic E-state index is 0.211. The monoisotopic (exact) mass is 313 g/mol. The Bertz CT molecular complexity index is 643. The van der Waals surface area contributed by atoms with Gasteiger partial charge in [-0.05, 0) is 29.9 Å². The van der Waals surface area contributed by atoms with Gasteiger partial charge in [0.05, 0.1) is 12.8 Å². The first kappa shape index (κ1) is 16.0. The Morgan fingerprint density at radius 3 is 2.55 bits per heavy atom. The third-order valence-electron chi connectivity index (χ3n) is 3.14. The Balaban J connectivity index is 1.89. The summed E-state index contributed by atoms with van der Waals surface area (Å²) in [6, 6.07) is 17.7. The van der Waals surface area contributed by atoms with E-state index in [1.807, 2.05) is 48.7 Å². The zero-order valence-corrected chi connectivity index (χ0v) is 13.4. The highest BCUT2D eigenvalue weighted by Gasteiger charge is 2.03. The first-order valence-electron chi connectivity index (χ1n) is 6.99. The van der Waals surface area contributed by atoms with Gasteiger partial charge in [-0.3, -0.25) is 5.43 Å². The molecule has 2 aromatic rings. The average Bonchev–Trinajstić information content (AvgIpc) is 2.56. The van der Waals surface area contributed by atoms with Gasteiger partial charge in [-0.15, -0.1) is 0 Å². The van der Waals surface area contributed by atoms with Gasteiger partial charge in [0.2, 0.25) is 0 Å². The highest BCUT2D eigenvalue weighted by Crippen LogP contribution is 2.22. The van der Waals surface area contributed by atoms with Crippen molar-refractivity contribution in [3.63, 3.8) is 0 Å². The number of rotatable bonds is 5. The van der Waals surface area contributed by atoms with E-state index in [-0.39, 0.29) is 5.92 Å². The Hall–Kier alpha value is -2.40. The third-order valence-corrected chi connectivity index (χ3v) is 3.34. The van der Waals surface area contributed by atoms with Crippen molar-refractivity contribution < 1.29 is 4.74 Å². The standard InChI is InChI=1S/C17H19N3OS/c1-13(14-8-4-3-5-9-14)12-18-20-17(22)19-15-10-6-7-11-16(15)21-2/h3-13H,1-2H3,(H2,19,20,22)/b18-12-/t13-/m0/s1. The second kappa shape index (κ2) is 8.14. The molecule has 0 fully saturated rings. The van der Waals surface area contributed by atoms with Crippen LogP contribution in [-0.2, 0) is 0 Å². The summed E-state index contributed by atoms with van der Waals surface area (Å²) in [6.45, 7) is 2.08. The van der Waals surface area contributed by atoms with Crippen LogP contribution in [0.3, 0.4) is 0 Å². The smallest absolute Gasteiger partial charge is 0.191 e. The maximum Gasteiger partial charge on any atom is 0.191 e. The normalized spacial score (nSPS) is 11.9. The second-order valence-electron chi connectivity index (χ2n) is 4.74. The molecule has 0 aliphatic heterocycles. The Kier molecular flexibility index (Phi) is 5.91. The van der Waals surface area contributed by atoms with Crippen molar-refractivity contribution in [1.29, 1.82) is 0 Å². The molecular formula is C17H19N3OS. The van der Waals surface area contributed by atoms with Gasteiger partial charge in [0, 0.05) is 12.1 Å². The molecule has 2 rings (SSSR count). The van der Waals surface area contributed by atoms with Crippen molar-refractivity contribution in [3.8, 4) is 5.75 Å². The van der Waals surface area contributed by atoms with Crippen LogP contribution in [0.2, 0.25) is 0 Å². The van der Waals surface area contributed by atoms with E-state index < -0.39 is 0 Å². The van der Waals surface area contributed by atoms with Gasteiger partial charge in [0.15, 0.2) is 5.11 Å². The van der Waals surface area contributed by atoms with E-state index in [1.165, 1.54) is 5.56 Å². The highest BCUT2D eigenvalue weighted by molar-refractivity contribution is 7.80. The van der Waals surface area contributed by atoms with Gasteiger partial charge < -0.3 is 10.1 Å². The quantitative estimate of drug-likeness (QED) is 0.501. The van der Waals surface area contributed by atoms with Crippen molar-refractivity contribution in [2.75, 3.05) is 12.4 Å². The van der Waals surface area contributed by atoms with Crippen LogP contribution in [0.25, 0.3) is 0 Å². The first-order chi connectivity index (χ1) is 10.7. The summed E-state index contributed by atoms with van der Waals surface area (Å²) in [7, 11) is 1.62. The molecule has 0 saturated carbocycles. The molecule has 114 valence electrons. The number of nitrogens with one attached hydrogen (secondary N) is 2. The van der Waals surface area contributed by atoms with E-state index in [2.05, 4.69) is 34.9 Å². The molecule has 4 nitrogen and oxygen atoms in total. The molecule has 0 unspecified atom stereocenters. The van der Waals surface area contributed by atoms with E-state index in [1.54, 1.807) is 7.11 Å². The van der Waals surface area contributed by atoms with Crippen molar-refractivity contribution in [2.45, 2.75) is 12.8 Å². The molecule has 22 heavy (non-hydrogen) atoms. The summed E-state index contributed by atoms with van der Waals surface area (Å²) in [6.07, 6.45) is 1.82. The maximum absolute atomic E-state index is 5.26. The molecule has 0 aliphatic rings. The number of benzene rings is 2. The lowest BCUT2D eigenvalue weighted by molar-refractivity contribution is 0.417. The minimum atomic E-state index is 0.211. The lowest BCUT2D eigenvalue weighted by atomic mass is 10.0. The molecule has 0 amide bonds. The molecular weight excluding hydrogens is 294 g/mol. The molecule has 0 aromatic heterocycles. The van der Waals surface area contributed by atoms with E-state index in [9.17, 15) is 0 Å². The summed E-state index contributed by atoms with van der Waals surface area (Å²) < 4.78 is 5.26. The van der Waals surface area contributed by atoms with Gasteiger partial charge in [-0.1, -0.05) is 49.4 Å². The summed E-state index contributed by atoms with van der Waals surface area (Å²) in [5.74, 6) is 0.941. The fraction of sp³-hybridized carbons (Fsp3) is 0.176. The van der Waals surface area contributed by atoms with Gasteiger partial charge in [-0.2, -0.15) is 5.10 Å². The van der Waals surface area contributed by atoms with Crippen LogP contribution in [0.1, 0.15) is 18.4 Å².